The Morgan fingerprint density at radius 2 is 1.96 bits per heavy atom. The molecular weight excluding hydrogens is 380 g/mol. The quantitative estimate of drug-likeness (QED) is 0.455. The van der Waals surface area contributed by atoms with E-state index < -0.39 is 10.0 Å². The molecule has 4 aromatic rings. The standard InChI is InChI=1S/C19H16N4O4S/c1-11(22-13-3-5-14(6-4-13)28(20,25)26)18-15-8-12(17-9-21-10-27-17)2-7-16(15)23-19(18)24/h2-10,23-24H,1H3,(H2,20,25,26). The number of hydrogen-bond acceptors (Lipinski definition) is 6. The average Bonchev–Trinajstić information content (AvgIpc) is 3.27. The maximum atomic E-state index is 11.4. The van der Waals surface area contributed by atoms with Gasteiger partial charge in [0.1, 0.15) is 0 Å². The fraction of sp³-hybridized carbons (Fsp3) is 0.0526. The van der Waals surface area contributed by atoms with Crippen LogP contribution < -0.4 is 5.14 Å². The number of aromatic nitrogens is 2. The number of sulfonamides is 1. The number of H-pyrrole nitrogens is 1. The van der Waals surface area contributed by atoms with E-state index in [-0.39, 0.29) is 10.8 Å². The first kappa shape index (κ1) is 18.0. The SMILES string of the molecule is CC(=Nc1ccc(S(N)(=O)=O)cc1)c1c(O)[nH]c2ccc(-c3cnco3)cc12. The van der Waals surface area contributed by atoms with E-state index in [1.54, 1.807) is 25.3 Å². The Morgan fingerprint density at radius 1 is 1.21 bits per heavy atom. The minimum absolute atomic E-state index is 0.00729. The Labute approximate surface area is 160 Å². The van der Waals surface area contributed by atoms with E-state index in [1.807, 2.05) is 18.2 Å². The number of oxazole rings is 1. The molecule has 28 heavy (non-hydrogen) atoms. The molecule has 142 valence electrons. The number of aromatic amines is 1. The molecule has 0 unspecified atom stereocenters. The van der Waals surface area contributed by atoms with Crippen LogP contribution in [0, 0.1) is 0 Å². The number of nitrogens with zero attached hydrogens (tertiary/aromatic N) is 2. The molecule has 0 saturated carbocycles. The van der Waals surface area contributed by atoms with Crippen LogP contribution in [0.1, 0.15) is 12.5 Å². The summed E-state index contributed by atoms with van der Waals surface area (Å²) in [6.45, 7) is 1.76. The smallest absolute Gasteiger partial charge is 0.238 e. The first-order chi connectivity index (χ1) is 13.3. The molecule has 9 heteroatoms. The number of rotatable bonds is 4. The van der Waals surface area contributed by atoms with Crippen LogP contribution in [0.4, 0.5) is 5.69 Å². The first-order valence-electron chi connectivity index (χ1n) is 8.25. The molecule has 0 aliphatic heterocycles. The van der Waals surface area contributed by atoms with Crippen LogP contribution in [-0.4, -0.2) is 29.2 Å². The molecule has 8 nitrogen and oxygen atoms in total. The molecule has 0 amide bonds. The van der Waals surface area contributed by atoms with Gasteiger partial charge in [0.2, 0.25) is 10.0 Å². The molecule has 2 aromatic carbocycles. The van der Waals surface area contributed by atoms with Crippen LogP contribution in [0.2, 0.25) is 0 Å². The van der Waals surface area contributed by atoms with Gasteiger partial charge in [-0.3, -0.25) is 4.99 Å². The molecule has 0 bridgehead atoms. The fourth-order valence-corrected chi connectivity index (χ4v) is 3.53. The Hall–Kier alpha value is -3.43. The van der Waals surface area contributed by atoms with Crippen LogP contribution in [-0.2, 0) is 10.0 Å². The topological polar surface area (TPSA) is 135 Å². The van der Waals surface area contributed by atoms with E-state index >= 15 is 0 Å². The maximum Gasteiger partial charge on any atom is 0.238 e. The van der Waals surface area contributed by atoms with Crippen LogP contribution >= 0.6 is 0 Å². The van der Waals surface area contributed by atoms with Crippen molar-refractivity contribution in [3.63, 3.8) is 0 Å². The van der Waals surface area contributed by atoms with Crippen molar-refractivity contribution >= 4 is 32.3 Å². The molecule has 4 N–H and O–H groups in total. The second kappa shape index (κ2) is 6.63. The summed E-state index contributed by atoms with van der Waals surface area (Å²) in [6.07, 6.45) is 2.97. The van der Waals surface area contributed by atoms with Gasteiger partial charge in [-0.15, -0.1) is 0 Å². The monoisotopic (exact) mass is 396 g/mol. The molecule has 0 spiro atoms. The Balaban J connectivity index is 1.78. The normalized spacial score (nSPS) is 12.6. The number of benzene rings is 2. The third-order valence-electron chi connectivity index (χ3n) is 4.32. The van der Waals surface area contributed by atoms with Gasteiger partial charge in [-0.1, -0.05) is 0 Å². The predicted octanol–water partition coefficient (Wildman–Crippen LogP) is 3.32. The van der Waals surface area contributed by atoms with Crippen molar-refractivity contribution in [2.24, 2.45) is 10.1 Å². The summed E-state index contributed by atoms with van der Waals surface area (Å²) in [7, 11) is -3.76. The largest absolute Gasteiger partial charge is 0.494 e. The number of primary sulfonamides is 1. The highest BCUT2D eigenvalue weighted by molar-refractivity contribution is 7.89. The molecule has 2 heterocycles. The summed E-state index contributed by atoms with van der Waals surface area (Å²) < 4.78 is 28.1. The fourth-order valence-electron chi connectivity index (χ4n) is 3.02. The predicted molar refractivity (Wildman–Crippen MR) is 105 cm³/mol. The van der Waals surface area contributed by atoms with Gasteiger partial charge in [0, 0.05) is 16.5 Å². The third-order valence-corrected chi connectivity index (χ3v) is 5.25. The van der Waals surface area contributed by atoms with Gasteiger partial charge < -0.3 is 14.5 Å². The number of aromatic hydroxyl groups is 1. The van der Waals surface area contributed by atoms with Gasteiger partial charge in [-0.2, -0.15) is 0 Å². The lowest BCUT2D eigenvalue weighted by molar-refractivity contribution is 0.457. The van der Waals surface area contributed by atoms with E-state index in [1.165, 1.54) is 18.5 Å². The zero-order chi connectivity index (χ0) is 19.9. The molecule has 2 aromatic heterocycles. The second-order valence-electron chi connectivity index (χ2n) is 6.21. The van der Waals surface area contributed by atoms with Crippen LogP contribution in [0.25, 0.3) is 22.2 Å². The Bertz CT molecular complexity index is 1290. The zero-order valence-corrected chi connectivity index (χ0v) is 15.6. The molecular formula is C19H16N4O4S. The average molecular weight is 396 g/mol. The summed E-state index contributed by atoms with van der Waals surface area (Å²) in [5.41, 5.74) is 3.20. The van der Waals surface area contributed by atoms with Gasteiger partial charge in [-0.25, -0.2) is 18.5 Å². The van der Waals surface area contributed by atoms with Gasteiger partial charge in [-0.05, 0) is 49.4 Å². The first-order valence-corrected chi connectivity index (χ1v) is 9.79. The number of fused-ring (bicyclic) bond motifs is 1. The van der Waals surface area contributed by atoms with Crippen molar-refractivity contribution in [2.45, 2.75) is 11.8 Å². The van der Waals surface area contributed by atoms with Crippen molar-refractivity contribution in [3.05, 3.63) is 60.6 Å². The molecule has 0 aliphatic rings. The van der Waals surface area contributed by atoms with Crippen molar-refractivity contribution in [2.75, 3.05) is 0 Å². The summed E-state index contributed by atoms with van der Waals surface area (Å²) in [4.78, 5) is 11.4. The minimum atomic E-state index is -3.76. The summed E-state index contributed by atoms with van der Waals surface area (Å²) in [6, 6.07) is 11.5. The summed E-state index contributed by atoms with van der Waals surface area (Å²) in [5.74, 6) is 0.605. The number of nitrogens with two attached hydrogens (primary N) is 1. The molecule has 0 aliphatic carbocycles. The lowest BCUT2D eigenvalue weighted by atomic mass is 10.1. The number of hydrogen-bond donors (Lipinski definition) is 3. The number of nitrogens with one attached hydrogen (secondary N) is 1. The second-order valence-corrected chi connectivity index (χ2v) is 7.77. The van der Waals surface area contributed by atoms with E-state index in [9.17, 15) is 13.5 Å². The Morgan fingerprint density at radius 3 is 2.61 bits per heavy atom. The minimum Gasteiger partial charge on any atom is -0.494 e. The highest BCUT2D eigenvalue weighted by Gasteiger charge is 2.15. The highest BCUT2D eigenvalue weighted by Crippen LogP contribution is 2.32. The van der Waals surface area contributed by atoms with E-state index in [2.05, 4.69) is 15.0 Å². The highest BCUT2D eigenvalue weighted by atomic mass is 32.2. The summed E-state index contributed by atoms with van der Waals surface area (Å²) in [5, 5.41) is 16.3. The molecule has 0 fully saturated rings. The van der Waals surface area contributed by atoms with Gasteiger partial charge >= 0.3 is 0 Å². The molecule has 4 rings (SSSR count). The summed E-state index contributed by atoms with van der Waals surface area (Å²) >= 11 is 0. The lowest BCUT2D eigenvalue weighted by Crippen LogP contribution is -2.11. The van der Waals surface area contributed by atoms with Gasteiger partial charge in [0.15, 0.2) is 18.0 Å². The zero-order valence-electron chi connectivity index (χ0n) is 14.7. The van der Waals surface area contributed by atoms with Crippen LogP contribution in [0.3, 0.4) is 0 Å². The van der Waals surface area contributed by atoms with Crippen LogP contribution in [0.15, 0.2) is 69.4 Å². The van der Waals surface area contributed by atoms with Crippen molar-refractivity contribution < 1.29 is 17.9 Å². The number of aliphatic imine (C=N–C) groups is 1. The third kappa shape index (κ3) is 3.28. The van der Waals surface area contributed by atoms with Gasteiger partial charge in [0.05, 0.1) is 28.1 Å². The molecule has 0 saturated heterocycles. The lowest BCUT2D eigenvalue weighted by Gasteiger charge is -2.03. The van der Waals surface area contributed by atoms with Crippen molar-refractivity contribution in [3.8, 4) is 17.2 Å². The van der Waals surface area contributed by atoms with E-state index in [0.29, 0.717) is 22.7 Å². The van der Waals surface area contributed by atoms with E-state index in [4.69, 9.17) is 9.56 Å². The van der Waals surface area contributed by atoms with Gasteiger partial charge in [0.25, 0.3) is 0 Å². The molecule has 0 radical (unpaired) electrons. The van der Waals surface area contributed by atoms with Crippen molar-refractivity contribution in [1.82, 2.24) is 9.97 Å². The van der Waals surface area contributed by atoms with E-state index in [0.717, 1.165) is 16.5 Å². The Kier molecular flexibility index (Phi) is 4.25. The molecule has 0 atom stereocenters. The van der Waals surface area contributed by atoms with Crippen molar-refractivity contribution in [1.29, 1.82) is 0 Å². The van der Waals surface area contributed by atoms with Crippen LogP contribution in [0.5, 0.6) is 5.88 Å². The maximum absolute atomic E-state index is 11.4.